The number of fused-ring (bicyclic) bond motifs is 1. The van der Waals surface area contributed by atoms with Gasteiger partial charge in [0.15, 0.2) is 23.9 Å². The molecule has 1 fully saturated rings. The van der Waals surface area contributed by atoms with Gasteiger partial charge in [0.05, 0.1) is 7.11 Å². The molecule has 0 bridgehead atoms. The molecule has 2 aliphatic rings. The third-order valence-corrected chi connectivity index (χ3v) is 5.46. The van der Waals surface area contributed by atoms with Crippen LogP contribution in [0.4, 0.5) is 4.79 Å². The number of hydrogen-bond donors (Lipinski definition) is 1. The third-order valence-electron chi connectivity index (χ3n) is 5.46. The molecular formula is C23H22N2O8. The Bertz CT molecular complexity index is 1110. The minimum Gasteiger partial charge on any atom is -0.497 e. The van der Waals surface area contributed by atoms with Gasteiger partial charge in [-0.05, 0) is 42.8 Å². The number of nitrogens with one attached hydrogen (secondary N) is 1. The molecule has 33 heavy (non-hydrogen) atoms. The predicted molar refractivity (Wildman–Crippen MR) is 113 cm³/mol. The van der Waals surface area contributed by atoms with Crippen LogP contribution in [0, 0.1) is 0 Å². The molecular weight excluding hydrogens is 432 g/mol. The molecule has 4 rings (SSSR count). The van der Waals surface area contributed by atoms with Crippen molar-refractivity contribution in [3.05, 3.63) is 53.6 Å². The van der Waals surface area contributed by atoms with E-state index in [2.05, 4.69) is 5.32 Å². The van der Waals surface area contributed by atoms with E-state index in [9.17, 15) is 19.2 Å². The first-order chi connectivity index (χ1) is 15.8. The second-order valence-corrected chi connectivity index (χ2v) is 7.62. The molecule has 2 aromatic rings. The fourth-order valence-electron chi connectivity index (χ4n) is 3.58. The number of ether oxygens (including phenoxy) is 4. The fraction of sp³-hybridized carbons (Fsp3) is 0.304. The molecule has 0 spiro atoms. The van der Waals surface area contributed by atoms with Gasteiger partial charge in [0.2, 0.25) is 0 Å². The highest BCUT2D eigenvalue weighted by Crippen LogP contribution is 2.31. The lowest BCUT2D eigenvalue weighted by molar-refractivity contribution is -0.146. The van der Waals surface area contributed by atoms with Gasteiger partial charge in [0, 0.05) is 5.56 Å². The molecule has 0 radical (unpaired) electrons. The molecule has 1 unspecified atom stereocenters. The molecule has 1 N–H and O–H groups in total. The maximum atomic E-state index is 12.9. The van der Waals surface area contributed by atoms with Crippen molar-refractivity contribution in [2.24, 2.45) is 0 Å². The van der Waals surface area contributed by atoms with E-state index in [0.29, 0.717) is 36.0 Å². The van der Waals surface area contributed by atoms with Gasteiger partial charge in [-0.15, -0.1) is 0 Å². The monoisotopic (exact) mass is 454 g/mol. The van der Waals surface area contributed by atoms with Gasteiger partial charge in [-0.1, -0.05) is 12.1 Å². The number of benzene rings is 2. The van der Waals surface area contributed by atoms with Gasteiger partial charge in [-0.3, -0.25) is 19.3 Å². The van der Waals surface area contributed by atoms with Crippen LogP contribution in [0.25, 0.3) is 0 Å². The van der Waals surface area contributed by atoms with Gasteiger partial charge in [-0.2, -0.15) is 0 Å². The molecule has 172 valence electrons. The smallest absolute Gasteiger partial charge is 0.326 e. The molecule has 0 aliphatic carbocycles. The first-order valence-corrected chi connectivity index (χ1v) is 10.2. The Labute approximate surface area is 189 Å². The average Bonchev–Trinajstić information content (AvgIpc) is 3.06. The standard InChI is InChI=1S/C23H22N2O8/c1-23(15-4-6-16(30-2)7-5-15)21(28)25(22(29)24-23)12-20(27)33-13-17(26)14-3-8-18-19(11-14)32-10-9-31-18/h3-8,11H,9-10,12-13H2,1-2H3,(H,24,29). The summed E-state index contributed by atoms with van der Waals surface area (Å²) in [4.78, 5) is 50.8. The second-order valence-electron chi connectivity index (χ2n) is 7.62. The van der Waals surface area contributed by atoms with Crippen molar-refractivity contribution in [1.82, 2.24) is 10.2 Å². The van der Waals surface area contributed by atoms with E-state index < -0.39 is 42.4 Å². The first kappa shape index (κ1) is 22.1. The number of amides is 3. The van der Waals surface area contributed by atoms with Crippen molar-refractivity contribution in [3.63, 3.8) is 0 Å². The Morgan fingerprint density at radius 3 is 2.45 bits per heavy atom. The van der Waals surface area contributed by atoms with Crippen molar-refractivity contribution in [2.45, 2.75) is 12.5 Å². The highest BCUT2D eigenvalue weighted by Gasteiger charge is 2.49. The number of esters is 1. The molecule has 1 atom stereocenters. The lowest BCUT2D eigenvalue weighted by atomic mass is 9.92. The summed E-state index contributed by atoms with van der Waals surface area (Å²) in [7, 11) is 1.52. The van der Waals surface area contributed by atoms with Gasteiger partial charge < -0.3 is 24.3 Å². The summed E-state index contributed by atoms with van der Waals surface area (Å²) in [5, 5.41) is 2.61. The topological polar surface area (TPSA) is 120 Å². The van der Waals surface area contributed by atoms with Crippen LogP contribution in [-0.2, 0) is 19.9 Å². The number of urea groups is 1. The molecule has 0 saturated carbocycles. The molecule has 10 heteroatoms. The maximum Gasteiger partial charge on any atom is 0.326 e. The molecule has 0 aromatic heterocycles. The van der Waals surface area contributed by atoms with Crippen molar-refractivity contribution in [2.75, 3.05) is 33.5 Å². The van der Waals surface area contributed by atoms with Gasteiger partial charge in [0.1, 0.15) is 31.0 Å². The van der Waals surface area contributed by atoms with Crippen LogP contribution >= 0.6 is 0 Å². The number of carbonyl (C=O) groups is 4. The van der Waals surface area contributed by atoms with E-state index in [1.165, 1.54) is 13.2 Å². The lowest BCUT2D eigenvalue weighted by Crippen LogP contribution is -2.41. The van der Waals surface area contributed by atoms with E-state index in [4.69, 9.17) is 18.9 Å². The van der Waals surface area contributed by atoms with Crippen LogP contribution in [-0.4, -0.2) is 62.1 Å². The van der Waals surface area contributed by atoms with Crippen LogP contribution < -0.4 is 19.5 Å². The van der Waals surface area contributed by atoms with Gasteiger partial charge >= 0.3 is 12.0 Å². The van der Waals surface area contributed by atoms with Crippen LogP contribution in [0.3, 0.4) is 0 Å². The van der Waals surface area contributed by atoms with Crippen LogP contribution in [0.2, 0.25) is 0 Å². The average molecular weight is 454 g/mol. The Morgan fingerprint density at radius 2 is 1.76 bits per heavy atom. The summed E-state index contributed by atoms with van der Waals surface area (Å²) < 4.78 is 21.0. The minimum atomic E-state index is -1.34. The van der Waals surface area contributed by atoms with Gasteiger partial charge in [-0.25, -0.2) is 4.79 Å². The SMILES string of the molecule is COc1ccc(C2(C)NC(=O)N(CC(=O)OCC(=O)c3ccc4c(c3)OCCO4)C2=O)cc1. The minimum absolute atomic E-state index is 0.286. The van der Waals surface area contributed by atoms with E-state index in [1.54, 1.807) is 43.3 Å². The fourth-order valence-corrected chi connectivity index (χ4v) is 3.58. The van der Waals surface area contributed by atoms with Crippen molar-refractivity contribution in [3.8, 4) is 17.2 Å². The van der Waals surface area contributed by atoms with Crippen molar-refractivity contribution in [1.29, 1.82) is 0 Å². The number of rotatable bonds is 7. The zero-order valence-electron chi connectivity index (χ0n) is 18.1. The zero-order valence-corrected chi connectivity index (χ0v) is 18.1. The molecule has 2 aromatic carbocycles. The third kappa shape index (κ3) is 4.32. The number of carbonyl (C=O) groups excluding carboxylic acids is 4. The number of nitrogens with zero attached hydrogens (tertiary/aromatic N) is 1. The van der Waals surface area contributed by atoms with E-state index in [-0.39, 0.29) is 5.56 Å². The molecule has 3 amide bonds. The number of Topliss-reactive ketones (excluding diaryl/α,β-unsaturated/α-hetero) is 1. The summed E-state index contributed by atoms with van der Waals surface area (Å²) in [6, 6.07) is 10.6. The Kier molecular flexibility index (Phi) is 5.91. The normalized spacial score (nSPS) is 19.2. The quantitative estimate of drug-likeness (QED) is 0.381. The number of methoxy groups -OCH3 is 1. The molecule has 10 nitrogen and oxygen atoms in total. The summed E-state index contributed by atoms with van der Waals surface area (Å²) in [6.07, 6.45) is 0. The summed E-state index contributed by atoms with van der Waals surface area (Å²) >= 11 is 0. The van der Waals surface area contributed by atoms with Crippen molar-refractivity contribution >= 4 is 23.7 Å². The second kappa shape index (κ2) is 8.81. The van der Waals surface area contributed by atoms with Crippen LogP contribution in [0.15, 0.2) is 42.5 Å². The zero-order chi connectivity index (χ0) is 23.6. The lowest BCUT2D eigenvalue weighted by Gasteiger charge is -2.22. The summed E-state index contributed by atoms with van der Waals surface area (Å²) in [5.41, 5.74) is -0.523. The highest BCUT2D eigenvalue weighted by atomic mass is 16.6. The van der Waals surface area contributed by atoms with Crippen LogP contribution in [0.1, 0.15) is 22.8 Å². The predicted octanol–water partition coefficient (Wildman–Crippen LogP) is 1.66. The van der Waals surface area contributed by atoms with Gasteiger partial charge in [0.25, 0.3) is 5.91 Å². The van der Waals surface area contributed by atoms with E-state index in [1.807, 2.05) is 0 Å². The Hall–Kier alpha value is -4.08. The maximum absolute atomic E-state index is 12.9. The number of imide groups is 1. The molecule has 1 saturated heterocycles. The number of hydrogen-bond acceptors (Lipinski definition) is 8. The highest BCUT2D eigenvalue weighted by molar-refractivity contribution is 6.09. The van der Waals surface area contributed by atoms with E-state index >= 15 is 0 Å². The number of ketones is 1. The largest absolute Gasteiger partial charge is 0.497 e. The summed E-state index contributed by atoms with van der Waals surface area (Å²) in [5.74, 6) is -0.372. The van der Waals surface area contributed by atoms with Crippen molar-refractivity contribution < 1.29 is 38.1 Å². The van der Waals surface area contributed by atoms with E-state index in [0.717, 1.165) is 4.90 Å². The Balaban J connectivity index is 1.36. The molecule has 2 heterocycles. The Morgan fingerprint density at radius 1 is 1.06 bits per heavy atom. The van der Waals surface area contributed by atoms with Crippen LogP contribution in [0.5, 0.6) is 17.2 Å². The first-order valence-electron chi connectivity index (χ1n) is 10.2. The molecule has 2 aliphatic heterocycles. The summed E-state index contributed by atoms with van der Waals surface area (Å²) in [6.45, 7) is 1.19.